The van der Waals surface area contributed by atoms with Gasteiger partial charge in [0.1, 0.15) is 5.75 Å². The maximum absolute atomic E-state index is 6.61. The zero-order chi connectivity index (χ0) is 18.8. The molecule has 1 N–H and O–H groups in total. The van der Waals surface area contributed by atoms with Crippen LogP contribution in [0.25, 0.3) is 10.8 Å². The van der Waals surface area contributed by atoms with E-state index in [1.807, 2.05) is 0 Å². The van der Waals surface area contributed by atoms with Crippen molar-refractivity contribution in [2.45, 2.75) is 39.0 Å². The second-order valence-corrected chi connectivity index (χ2v) is 8.25. The highest BCUT2D eigenvalue weighted by Gasteiger charge is 2.48. The van der Waals surface area contributed by atoms with Gasteiger partial charge in [0.2, 0.25) is 0 Å². The lowest BCUT2D eigenvalue weighted by molar-refractivity contribution is 0.0505. The van der Waals surface area contributed by atoms with E-state index in [0.29, 0.717) is 0 Å². The van der Waals surface area contributed by atoms with Crippen molar-refractivity contribution in [1.82, 2.24) is 5.32 Å². The molecule has 136 valence electrons. The fourth-order valence-electron chi connectivity index (χ4n) is 4.64. The second kappa shape index (κ2) is 5.70. The molecular formula is C23H22N2OS. The fraction of sp³-hybridized carbons (Fsp3) is 0.261. The average molecular weight is 375 g/mol. The molecule has 3 aromatic carbocycles. The molecule has 2 aliphatic heterocycles. The summed E-state index contributed by atoms with van der Waals surface area (Å²) in [6.07, 6.45) is 0.834. The SMILES string of the molecule is Cc1cc(C)cc(N2C(=S)NC3CC2(C)Oc2ccc4ccccc4c23)c1. The Balaban J connectivity index is 1.66. The zero-order valence-electron chi connectivity index (χ0n) is 15.7. The van der Waals surface area contributed by atoms with Gasteiger partial charge in [0.15, 0.2) is 10.8 Å². The number of nitrogens with one attached hydrogen (secondary N) is 1. The first-order chi connectivity index (χ1) is 12.9. The van der Waals surface area contributed by atoms with Gasteiger partial charge < -0.3 is 10.1 Å². The summed E-state index contributed by atoms with van der Waals surface area (Å²) in [5.41, 5.74) is 4.23. The van der Waals surface area contributed by atoms with Gasteiger partial charge in [-0.25, -0.2) is 0 Å². The number of ether oxygens (including phenoxy) is 1. The molecule has 1 fully saturated rings. The topological polar surface area (TPSA) is 24.5 Å². The lowest BCUT2D eigenvalue weighted by Crippen LogP contribution is -2.65. The smallest absolute Gasteiger partial charge is 0.188 e. The molecule has 0 saturated carbocycles. The molecule has 2 heterocycles. The molecule has 2 bridgehead atoms. The van der Waals surface area contributed by atoms with Crippen molar-refractivity contribution in [2.75, 3.05) is 4.90 Å². The van der Waals surface area contributed by atoms with Crippen molar-refractivity contribution >= 4 is 33.8 Å². The maximum Gasteiger partial charge on any atom is 0.188 e. The van der Waals surface area contributed by atoms with Crippen molar-refractivity contribution in [1.29, 1.82) is 0 Å². The summed E-state index contributed by atoms with van der Waals surface area (Å²) < 4.78 is 6.61. The number of fused-ring (bicyclic) bond motifs is 6. The summed E-state index contributed by atoms with van der Waals surface area (Å²) >= 11 is 5.81. The van der Waals surface area contributed by atoms with E-state index in [1.54, 1.807) is 0 Å². The highest BCUT2D eigenvalue weighted by atomic mass is 32.1. The fourth-order valence-corrected chi connectivity index (χ4v) is 5.08. The van der Waals surface area contributed by atoms with Crippen LogP contribution in [0.5, 0.6) is 5.75 Å². The molecule has 2 unspecified atom stereocenters. The molecule has 2 aliphatic rings. The van der Waals surface area contributed by atoms with Crippen molar-refractivity contribution in [3.63, 3.8) is 0 Å². The molecule has 0 amide bonds. The molecular weight excluding hydrogens is 352 g/mol. The molecule has 4 heteroatoms. The van der Waals surface area contributed by atoms with E-state index in [-0.39, 0.29) is 6.04 Å². The van der Waals surface area contributed by atoms with Crippen molar-refractivity contribution < 1.29 is 4.74 Å². The van der Waals surface area contributed by atoms with Gasteiger partial charge in [-0.1, -0.05) is 36.4 Å². The average Bonchev–Trinajstić information content (AvgIpc) is 2.59. The predicted octanol–water partition coefficient (Wildman–Crippen LogP) is 5.39. The Morgan fingerprint density at radius 2 is 1.81 bits per heavy atom. The predicted molar refractivity (Wildman–Crippen MR) is 114 cm³/mol. The van der Waals surface area contributed by atoms with Gasteiger partial charge in [0.05, 0.1) is 6.04 Å². The lowest BCUT2D eigenvalue weighted by atomic mass is 9.87. The van der Waals surface area contributed by atoms with Crippen LogP contribution in [0, 0.1) is 13.8 Å². The number of aryl methyl sites for hydroxylation is 2. The van der Waals surface area contributed by atoms with Crippen LogP contribution in [0.1, 0.15) is 36.1 Å². The largest absolute Gasteiger partial charge is 0.467 e. The molecule has 5 rings (SSSR count). The van der Waals surface area contributed by atoms with Gasteiger partial charge in [-0.2, -0.15) is 0 Å². The standard InChI is InChI=1S/C23H22N2OS/c1-14-10-15(2)12-17(11-14)25-22(27)24-19-13-23(25,3)26-20-9-8-16-6-4-5-7-18(16)21(19)20/h4-12,19H,13H2,1-3H3,(H,24,27). The Kier molecular flexibility index (Phi) is 3.50. The van der Waals surface area contributed by atoms with E-state index < -0.39 is 5.72 Å². The summed E-state index contributed by atoms with van der Waals surface area (Å²) in [6, 6.07) is 19.4. The van der Waals surface area contributed by atoms with Gasteiger partial charge in [0, 0.05) is 17.7 Å². The van der Waals surface area contributed by atoms with Crippen LogP contribution in [-0.4, -0.2) is 10.8 Å². The van der Waals surface area contributed by atoms with Crippen molar-refractivity contribution in [3.05, 3.63) is 71.3 Å². The number of nitrogens with zero attached hydrogens (tertiary/aromatic N) is 1. The Bertz CT molecular complexity index is 1070. The van der Waals surface area contributed by atoms with Crippen LogP contribution in [0.2, 0.25) is 0 Å². The number of hydrogen-bond acceptors (Lipinski definition) is 2. The minimum Gasteiger partial charge on any atom is -0.467 e. The summed E-state index contributed by atoms with van der Waals surface area (Å²) in [5, 5.41) is 6.77. The zero-order valence-corrected chi connectivity index (χ0v) is 16.6. The number of thiocarbonyl (C=S) groups is 1. The normalized spacial score (nSPS) is 23.6. The van der Waals surface area contributed by atoms with Crippen LogP contribution in [-0.2, 0) is 0 Å². The van der Waals surface area contributed by atoms with Crippen LogP contribution in [0.15, 0.2) is 54.6 Å². The number of benzene rings is 3. The molecule has 0 spiro atoms. The van der Waals surface area contributed by atoms with E-state index in [9.17, 15) is 0 Å². The lowest BCUT2D eigenvalue weighted by Gasteiger charge is -2.52. The van der Waals surface area contributed by atoms with Crippen LogP contribution >= 0.6 is 12.2 Å². The van der Waals surface area contributed by atoms with Gasteiger partial charge in [-0.05, 0) is 73.1 Å². The third kappa shape index (κ3) is 2.51. The van der Waals surface area contributed by atoms with Crippen LogP contribution < -0.4 is 15.0 Å². The van der Waals surface area contributed by atoms with Gasteiger partial charge in [0.25, 0.3) is 0 Å². The van der Waals surface area contributed by atoms with E-state index in [4.69, 9.17) is 17.0 Å². The number of rotatable bonds is 1. The van der Waals surface area contributed by atoms with Gasteiger partial charge in [-0.15, -0.1) is 0 Å². The third-order valence-corrected chi connectivity index (χ3v) is 5.93. The summed E-state index contributed by atoms with van der Waals surface area (Å²) in [4.78, 5) is 2.14. The third-order valence-electron chi connectivity index (χ3n) is 5.63. The summed E-state index contributed by atoms with van der Waals surface area (Å²) in [6.45, 7) is 6.37. The summed E-state index contributed by atoms with van der Waals surface area (Å²) in [7, 11) is 0. The minimum absolute atomic E-state index is 0.152. The van der Waals surface area contributed by atoms with Gasteiger partial charge >= 0.3 is 0 Å². The van der Waals surface area contributed by atoms with E-state index in [0.717, 1.165) is 23.0 Å². The van der Waals surface area contributed by atoms with E-state index in [2.05, 4.69) is 85.6 Å². The Morgan fingerprint density at radius 3 is 2.59 bits per heavy atom. The molecule has 3 aromatic rings. The van der Waals surface area contributed by atoms with E-state index >= 15 is 0 Å². The molecule has 3 nitrogen and oxygen atoms in total. The second-order valence-electron chi connectivity index (χ2n) is 7.86. The summed E-state index contributed by atoms with van der Waals surface area (Å²) in [5.74, 6) is 0.942. The van der Waals surface area contributed by atoms with E-state index in [1.165, 1.54) is 27.5 Å². The molecule has 0 aliphatic carbocycles. The monoisotopic (exact) mass is 374 g/mol. The Morgan fingerprint density at radius 1 is 1.07 bits per heavy atom. The Labute approximate surface area is 164 Å². The van der Waals surface area contributed by atoms with Gasteiger partial charge in [-0.3, -0.25) is 4.90 Å². The molecule has 27 heavy (non-hydrogen) atoms. The molecule has 0 radical (unpaired) electrons. The quantitative estimate of drug-likeness (QED) is 0.577. The van der Waals surface area contributed by atoms with Crippen molar-refractivity contribution in [3.8, 4) is 5.75 Å². The van der Waals surface area contributed by atoms with Crippen molar-refractivity contribution in [2.24, 2.45) is 0 Å². The maximum atomic E-state index is 6.61. The number of anilines is 1. The first-order valence-corrected chi connectivity index (χ1v) is 9.75. The van der Waals surface area contributed by atoms with Crippen LogP contribution in [0.3, 0.4) is 0 Å². The molecule has 2 atom stereocenters. The first kappa shape index (κ1) is 16.6. The number of hydrogen-bond donors (Lipinski definition) is 1. The Hall–Kier alpha value is -2.59. The highest BCUT2D eigenvalue weighted by molar-refractivity contribution is 7.80. The minimum atomic E-state index is -0.511. The first-order valence-electron chi connectivity index (χ1n) is 9.34. The highest BCUT2D eigenvalue weighted by Crippen LogP contribution is 2.48. The molecule has 0 aromatic heterocycles. The molecule has 1 saturated heterocycles. The van der Waals surface area contributed by atoms with Crippen LogP contribution in [0.4, 0.5) is 5.69 Å².